The molecule has 0 aliphatic carbocycles. The number of aliphatic hydroxyl groups excluding tert-OH is 1. The van der Waals surface area contributed by atoms with Crippen molar-refractivity contribution in [2.24, 2.45) is 0 Å². The second kappa shape index (κ2) is 5.93. The van der Waals surface area contributed by atoms with E-state index in [0.29, 0.717) is 23.9 Å². The molecule has 5 heteroatoms. The monoisotopic (exact) mass is 284 g/mol. The molecule has 0 aliphatic heterocycles. The van der Waals surface area contributed by atoms with Gasteiger partial charge in [0.2, 0.25) is 11.7 Å². The van der Waals surface area contributed by atoms with Crippen LogP contribution in [0.25, 0.3) is 10.8 Å². The topological polar surface area (TPSA) is 68.4 Å². The van der Waals surface area contributed by atoms with Gasteiger partial charge >= 0.3 is 0 Å². The lowest BCUT2D eigenvalue weighted by Crippen LogP contribution is -2.01. The van der Waals surface area contributed by atoms with Crippen LogP contribution in [-0.4, -0.2) is 15.2 Å². The standard InChI is InChI=1S/C16H16N2O3/c1-2-16-17-15(18-21-16)10-20-14-8-7-11-5-3-4-6-12(11)13(14)9-19/h3-8,19H,2,9-10H2,1H3. The molecule has 0 atom stereocenters. The largest absolute Gasteiger partial charge is 0.485 e. The zero-order chi connectivity index (χ0) is 14.7. The summed E-state index contributed by atoms with van der Waals surface area (Å²) in [5.74, 6) is 1.73. The fraction of sp³-hybridized carbons (Fsp3) is 0.250. The number of rotatable bonds is 5. The van der Waals surface area contributed by atoms with E-state index in [1.165, 1.54) is 0 Å². The zero-order valence-corrected chi connectivity index (χ0v) is 11.7. The van der Waals surface area contributed by atoms with Crippen LogP contribution in [0.4, 0.5) is 0 Å². The maximum Gasteiger partial charge on any atom is 0.226 e. The van der Waals surface area contributed by atoms with Crippen LogP contribution in [-0.2, 0) is 19.6 Å². The molecular formula is C16H16N2O3. The molecular weight excluding hydrogens is 268 g/mol. The number of ether oxygens (including phenoxy) is 1. The molecule has 3 aromatic rings. The van der Waals surface area contributed by atoms with E-state index in [0.717, 1.165) is 16.3 Å². The summed E-state index contributed by atoms with van der Waals surface area (Å²) in [6.07, 6.45) is 0.699. The summed E-state index contributed by atoms with van der Waals surface area (Å²) in [5, 5.41) is 15.5. The van der Waals surface area contributed by atoms with E-state index >= 15 is 0 Å². The molecule has 0 amide bonds. The van der Waals surface area contributed by atoms with E-state index in [1.807, 2.05) is 43.3 Å². The van der Waals surface area contributed by atoms with Crippen molar-refractivity contribution in [2.75, 3.05) is 0 Å². The van der Waals surface area contributed by atoms with Gasteiger partial charge in [0.1, 0.15) is 5.75 Å². The molecule has 0 aliphatic rings. The van der Waals surface area contributed by atoms with Crippen molar-refractivity contribution in [3.8, 4) is 5.75 Å². The molecule has 0 spiro atoms. The molecule has 0 radical (unpaired) electrons. The van der Waals surface area contributed by atoms with Gasteiger partial charge in [0.05, 0.1) is 6.61 Å². The number of fused-ring (bicyclic) bond motifs is 1. The Balaban J connectivity index is 1.86. The van der Waals surface area contributed by atoms with Crippen molar-refractivity contribution in [2.45, 2.75) is 26.6 Å². The second-order valence-corrected chi connectivity index (χ2v) is 4.67. The minimum atomic E-state index is -0.0802. The van der Waals surface area contributed by atoms with Crippen molar-refractivity contribution in [1.82, 2.24) is 10.1 Å². The SMILES string of the molecule is CCc1nc(COc2ccc3ccccc3c2CO)no1. The van der Waals surface area contributed by atoms with Crippen LogP contribution in [0.15, 0.2) is 40.9 Å². The van der Waals surface area contributed by atoms with Crippen molar-refractivity contribution >= 4 is 10.8 Å². The Morgan fingerprint density at radius 2 is 2.05 bits per heavy atom. The Morgan fingerprint density at radius 3 is 2.81 bits per heavy atom. The summed E-state index contributed by atoms with van der Waals surface area (Å²) in [7, 11) is 0. The molecule has 108 valence electrons. The summed E-state index contributed by atoms with van der Waals surface area (Å²) in [6.45, 7) is 2.09. The van der Waals surface area contributed by atoms with Gasteiger partial charge < -0.3 is 14.4 Å². The minimum absolute atomic E-state index is 0.0802. The number of hydrogen-bond donors (Lipinski definition) is 1. The van der Waals surface area contributed by atoms with E-state index in [4.69, 9.17) is 9.26 Å². The molecule has 21 heavy (non-hydrogen) atoms. The van der Waals surface area contributed by atoms with Gasteiger partial charge in [-0.25, -0.2) is 0 Å². The molecule has 1 N–H and O–H groups in total. The van der Waals surface area contributed by atoms with E-state index < -0.39 is 0 Å². The van der Waals surface area contributed by atoms with Crippen LogP contribution < -0.4 is 4.74 Å². The van der Waals surface area contributed by atoms with Gasteiger partial charge in [0, 0.05) is 12.0 Å². The Hall–Kier alpha value is -2.40. The number of aromatic nitrogens is 2. The summed E-state index contributed by atoms with van der Waals surface area (Å²) < 4.78 is 10.8. The first kappa shape index (κ1) is 13.6. The average molecular weight is 284 g/mol. The quantitative estimate of drug-likeness (QED) is 0.780. The first-order valence-electron chi connectivity index (χ1n) is 6.87. The molecule has 2 aromatic carbocycles. The number of hydrogen-bond acceptors (Lipinski definition) is 5. The third-order valence-electron chi connectivity index (χ3n) is 3.33. The highest BCUT2D eigenvalue weighted by Crippen LogP contribution is 2.28. The summed E-state index contributed by atoms with van der Waals surface area (Å²) in [5.41, 5.74) is 0.771. The molecule has 3 rings (SSSR count). The van der Waals surface area contributed by atoms with Gasteiger partial charge in [-0.1, -0.05) is 42.4 Å². The van der Waals surface area contributed by atoms with E-state index in [9.17, 15) is 5.11 Å². The van der Waals surface area contributed by atoms with Crippen LogP contribution >= 0.6 is 0 Å². The third kappa shape index (κ3) is 2.73. The van der Waals surface area contributed by atoms with Crippen molar-refractivity contribution in [1.29, 1.82) is 0 Å². The predicted molar refractivity (Wildman–Crippen MR) is 77.9 cm³/mol. The lowest BCUT2D eigenvalue weighted by molar-refractivity contribution is 0.254. The molecule has 0 fully saturated rings. The summed E-state index contributed by atoms with van der Waals surface area (Å²) in [4.78, 5) is 4.20. The lowest BCUT2D eigenvalue weighted by atomic mass is 10.0. The van der Waals surface area contributed by atoms with Gasteiger partial charge in [0.15, 0.2) is 6.61 Å². The highest BCUT2D eigenvalue weighted by atomic mass is 16.5. The predicted octanol–water partition coefficient (Wildman–Crippen LogP) is 2.86. The second-order valence-electron chi connectivity index (χ2n) is 4.67. The van der Waals surface area contributed by atoms with E-state index in [1.54, 1.807) is 0 Å². The maximum atomic E-state index is 9.63. The first-order valence-corrected chi connectivity index (χ1v) is 6.87. The van der Waals surface area contributed by atoms with Crippen LogP contribution in [0.2, 0.25) is 0 Å². The van der Waals surface area contributed by atoms with Crippen molar-refractivity contribution in [3.05, 3.63) is 53.7 Å². The summed E-state index contributed by atoms with van der Waals surface area (Å²) >= 11 is 0. The van der Waals surface area contributed by atoms with Gasteiger partial charge in [-0.15, -0.1) is 0 Å². The minimum Gasteiger partial charge on any atom is -0.485 e. The molecule has 0 saturated carbocycles. The van der Waals surface area contributed by atoms with Gasteiger partial charge in [-0.3, -0.25) is 0 Å². The number of nitrogens with zero attached hydrogens (tertiary/aromatic N) is 2. The fourth-order valence-corrected chi connectivity index (χ4v) is 2.25. The normalized spacial score (nSPS) is 11.0. The van der Waals surface area contributed by atoms with E-state index in [-0.39, 0.29) is 13.2 Å². The number of benzene rings is 2. The molecule has 1 heterocycles. The maximum absolute atomic E-state index is 9.63. The Kier molecular flexibility index (Phi) is 3.83. The Bertz CT molecular complexity index is 752. The fourth-order valence-electron chi connectivity index (χ4n) is 2.25. The lowest BCUT2D eigenvalue weighted by Gasteiger charge is -2.11. The summed E-state index contributed by atoms with van der Waals surface area (Å²) in [6, 6.07) is 11.7. The van der Waals surface area contributed by atoms with E-state index in [2.05, 4.69) is 10.1 Å². The van der Waals surface area contributed by atoms with Crippen LogP contribution in [0.3, 0.4) is 0 Å². The number of aliphatic hydroxyl groups is 1. The molecule has 1 aromatic heterocycles. The van der Waals surface area contributed by atoms with Crippen LogP contribution in [0.1, 0.15) is 24.2 Å². The molecule has 0 saturated heterocycles. The molecule has 0 bridgehead atoms. The zero-order valence-electron chi connectivity index (χ0n) is 11.7. The third-order valence-corrected chi connectivity index (χ3v) is 3.33. The van der Waals surface area contributed by atoms with Crippen molar-refractivity contribution in [3.63, 3.8) is 0 Å². The highest BCUT2D eigenvalue weighted by Gasteiger charge is 2.10. The number of aryl methyl sites for hydroxylation is 1. The van der Waals surface area contributed by atoms with Crippen molar-refractivity contribution < 1.29 is 14.4 Å². The van der Waals surface area contributed by atoms with Crippen LogP contribution in [0.5, 0.6) is 5.75 Å². The Labute approximate surface area is 122 Å². The average Bonchev–Trinajstić information content (AvgIpc) is 3.00. The smallest absolute Gasteiger partial charge is 0.226 e. The van der Waals surface area contributed by atoms with Gasteiger partial charge in [-0.05, 0) is 16.8 Å². The highest BCUT2D eigenvalue weighted by molar-refractivity contribution is 5.87. The molecule has 5 nitrogen and oxygen atoms in total. The Morgan fingerprint density at radius 1 is 1.19 bits per heavy atom. The van der Waals surface area contributed by atoms with Gasteiger partial charge in [0.25, 0.3) is 0 Å². The molecule has 0 unspecified atom stereocenters. The van der Waals surface area contributed by atoms with Crippen LogP contribution in [0, 0.1) is 0 Å². The first-order chi connectivity index (χ1) is 10.3. The van der Waals surface area contributed by atoms with Gasteiger partial charge in [-0.2, -0.15) is 4.98 Å².